The zero-order valence-corrected chi connectivity index (χ0v) is 13.0. The number of pyridine rings is 1. The summed E-state index contributed by atoms with van der Waals surface area (Å²) in [6.45, 7) is 8.27. The van der Waals surface area contributed by atoms with E-state index in [-0.39, 0.29) is 18.0 Å². The van der Waals surface area contributed by atoms with E-state index in [0.29, 0.717) is 12.5 Å². The van der Waals surface area contributed by atoms with Gasteiger partial charge in [-0.05, 0) is 24.5 Å². The van der Waals surface area contributed by atoms with Gasteiger partial charge in [0.05, 0.1) is 12.1 Å². The molecule has 0 aliphatic carbocycles. The second-order valence-corrected chi connectivity index (χ2v) is 5.88. The molecule has 112 valence electrons. The van der Waals surface area contributed by atoms with Crippen LogP contribution in [0.5, 0.6) is 5.88 Å². The molecule has 0 spiro atoms. The second-order valence-electron chi connectivity index (χ2n) is 5.88. The number of para-hydroxylation sites is 1. The van der Waals surface area contributed by atoms with Gasteiger partial charge in [0, 0.05) is 10.9 Å². The molecule has 0 atom stereocenters. The van der Waals surface area contributed by atoms with Crippen molar-refractivity contribution in [2.24, 2.45) is 0 Å². The standard InChI is InChI=1S/C17H21NO3/c1-5-20-15(19)11-21-16-13(17(2,3)4)10-12-8-6-7-9-14(12)18-16/h6-10H,5,11H2,1-4H3. The number of fused-ring (bicyclic) bond motifs is 1. The van der Waals surface area contributed by atoms with Gasteiger partial charge in [-0.2, -0.15) is 0 Å². The van der Waals surface area contributed by atoms with E-state index >= 15 is 0 Å². The number of esters is 1. The number of nitrogens with zero attached hydrogens (tertiary/aromatic N) is 1. The van der Waals surface area contributed by atoms with Crippen molar-refractivity contribution in [2.75, 3.05) is 13.2 Å². The van der Waals surface area contributed by atoms with Crippen molar-refractivity contribution in [3.63, 3.8) is 0 Å². The highest BCUT2D eigenvalue weighted by atomic mass is 16.6. The molecule has 0 unspecified atom stereocenters. The summed E-state index contributed by atoms with van der Waals surface area (Å²) in [5, 5.41) is 1.06. The molecule has 1 heterocycles. The molecule has 0 aliphatic rings. The maximum absolute atomic E-state index is 11.5. The first-order chi connectivity index (χ1) is 9.91. The molecule has 0 saturated carbocycles. The Morgan fingerprint density at radius 2 is 1.95 bits per heavy atom. The second kappa shape index (κ2) is 6.12. The van der Waals surface area contributed by atoms with Crippen LogP contribution in [-0.4, -0.2) is 24.2 Å². The highest BCUT2D eigenvalue weighted by Gasteiger charge is 2.21. The minimum Gasteiger partial charge on any atom is -0.465 e. The monoisotopic (exact) mass is 287 g/mol. The number of rotatable bonds is 4. The summed E-state index contributed by atoms with van der Waals surface area (Å²) < 4.78 is 10.5. The van der Waals surface area contributed by atoms with Gasteiger partial charge in [-0.25, -0.2) is 9.78 Å². The van der Waals surface area contributed by atoms with E-state index in [1.807, 2.05) is 24.3 Å². The number of benzene rings is 1. The summed E-state index contributed by atoms with van der Waals surface area (Å²) in [6, 6.07) is 9.94. The van der Waals surface area contributed by atoms with E-state index in [1.165, 1.54) is 0 Å². The molecule has 0 radical (unpaired) electrons. The topological polar surface area (TPSA) is 48.4 Å². The first-order valence-electron chi connectivity index (χ1n) is 7.10. The molecular weight excluding hydrogens is 266 g/mol. The lowest BCUT2D eigenvalue weighted by Gasteiger charge is -2.22. The van der Waals surface area contributed by atoms with Gasteiger partial charge in [0.1, 0.15) is 0 Å². The summed E-state index contributed by atoms with van der Waals surface area (Å²) in [5.41, 5.74) is 1.70. The van der Waals surface area contributed by atoms with E-state index in [0.717, 1.165) is 16.5 Å². The molecule has 1 aromatic carbocycles. The maximum Gasteiger partial charge on any atom is 0.344 e. The zero-order valence-electron chi connectivity index (χ0n) is 13.0. The van der Waals surface area contributed by atoms with Crippen molar-refractivity contribution < 1.29 is 14.3 Å². The van der Waals surface area contributed by atoms with Crippen molar-refractivity contribution in [3.8, 4) is 5.88 Å². The van der Waals surface area contributed by atoms with Gasteiger partial charge < -0.3 is 9.47 Å². The molecule has 0 fully saturated rings. The normalized spacial score (nSPS) is 11.4. The summed E-state index contributed by atoms with van der Waals surface area (Å²) in [4.78, 5) is 16.0. The molecule has 0 saturated heterocycles. The number of carbonyl (C=O) groups excluding carboxylic acids is 1. The Bertz CT molecular complexity index is 644. The lowest BCUT2D eigenvalue weighted by molar-refractivity contribution is -0.145. The number of ether oxygens (including phenoxy) is 2. The molecule has 4 heteroatoms. The fourth-order valence-electron chi connectivity index (χ4n) is 2.08. The van der Waals surface area contributed by atoms with Crippen LogP contribution in [0.2, 0.25) is 0 Å². The first-order valence-corrected chi connectivity index (χ1v) is 7.10. The van der Waals surface area contributed by atoms with E-state index in [1.54, 1.807) is 6.92 Å². The summed E-state index contributed by atoms with van der Waals surface area (Å²) in [5.74, 6) is 0.113. The number of hydrogen-bond donors (Lipinski definition) is 0. The van der Waals surface area contributed by atoms with Crippen molar-refractivity contribution in [1.29, 1.82) is 0 Å². The van der Waals surface area contributed by atoms with E-state index in [2.05, 4.69) is 31.8 Å². The predicted octanol–water partition coefficient (Wildman–Crippen LogP) is 3.47. The van der Waals surface area contributed by atoms with Gasteiger partial charge in [-0.1, -0.05) is 39.0 Å². The smallest absolute Gasteiger partial charge is 0.344 e. The van der Waals surface area contributed by atoms with Crippen LogP contribution < -0.4 is 4.74 Å². The molecule has 2 rings (SSSR count). The molecule has 4 nitrogen and oxygen atoms in total. The SMILES string of the molecule is CCOC(=O)COc1nc2ccccc2cc1C(C)(C)C. The molecule has 1 aromatic heterocycles. The van der Waals surface area contributed by atoms with Crippen molar-refractivity contribution in [1.82, 2.24) is 4.98 Å². The Labute approximate surface area is 125 Å². The quantitative estimate of drug-likeness (QED) is 0.808. The van der Waals surface area contributed by atoms with Gasteiger partial charge in [0.15, 0.2) is 6.61 Å². The highest BCUT2D eigenvalue weighted by Crippen LogP contribution is 2.32. The average molecular weight is 287 g/mol. The fraction of sp³-hybridized carbons (Fsp3) is 0.412. The number of carbonyl (C=O) groups is 1. The minimum atomic E-state index is -0.382. The van der Waals surface area contributed by atoms with Crippen molar-refractivity contribution in [2.45, 2.75) is 33.1 Å². The first kappa shape index (κ1) is 15.3. The molecule has 0 amide bonds. The summed E-state index contributed by atoms with van der Waals surface area (Å²) in [7, 11) is 0. The van der Waals surface area contributed by atoms with E-state index in [9.17, 15) is 4.79 Å². The van der Waals surface area contributed by atoms with Crippen LogP contribution in [0.3, 0.4) is 0 Å². The number of aromatic nitrogens is 1. The minimum absolute atomic E-state index is 0.123. The van der Waals surface area contributed by atoms with Gasteiger partial charge in [-0.3, -0.25) is 0 Å². The van der Waals surface area contributed by atoms with Crippen LogP contribution in [0.25, 0.3) is 10.9 Å². The van der Waals surface area contributed by atoms with Crippen LogP contribution in [-0.2, 0) is 14.9 Å². The third-order valence-electron chi connectivity index (χ3n) is 3.13. The Hall–Kier alpha value is -2.10. The van der Waals surface area contributed by atoms with Crippen molar-refractivity contribution in [3.05, 3.63) is 35.9 Å². The lowest BCUT2D eigenvalue weighted by atomic mass is 9.87. The fourth-order valence-corrected chi connectivity index (χ4v) is 2.08. The Morgan fingerprint density at radius 1 is 1.24 bits per heavy atom. The molecule has 21 heavy (non-hydrogen) atoms. The average Bonchev–Trinajstić information content (AvgIpc) is 2.43. The predicted molar refractivity (Wildman–Crippen MR) is 82.6 cm³/mol. The van der Waals surface area contributed by atoms with Gasteiger partial charge >= 0.3 is 5.97 Å². The molecule has 0 aliphatic heterocycles. The van der Waals surface area contributed by atoms with Crippen molar-refractivity contribution >= 4 is 16.9 Å². The van der Waals surface area contributed by atoms with Crippen LogP contribution in [0.15, 0.2) is 30.3 Å². The zero-order chi connectivity index (χ0) is 15.5. The van der Waals surface area contributed by atoms with E-state index in [4.69, 9.17) is 9.47 Å². The summed E-state index contributed by atoms with van der Waals surface area (Å²) >= 11 is 0. The maximum atomic E-state index is 11.5. The van der Waals surface area contributed by atoms with Crippen LogP contribution in [0.4, 0.5) is 0 Å². The summed E-state index contributed by atoms with van der Waals surface area (Å²) in [6.07, 6.45) is 0. The van der Waals surface area contributed by atoms with Gasteiger partial charge in [-0.15, -0.1) is 0 Å². The van der Waals surface area contributed by atoms with Gasteiger partial charge in [0.2, 0.25) is 5.88 Å². The highest BCUT2D eigenvalue weighted by molar-refractivity contribution is 5.80. The molecule has 0 N–H and O–H groups in total. The Morgan fingerprint density at radius 3 is 2.62 bits per heavy atom. The van der Waals surface area contributed by atoms with Crippen LogP contribution >= 0.6 is 0 Å². The van der Waals surface area contributed by atoms with Gasteiger partial charge in [0.25, 0.3) is 0 Å². The molecule has 0 bridgehead atoms. The molecular formula is C17H21NO3. The van der Waals surface area contributed by atoms with Crippen LogP contribution in [0.1, 0.15) is 33.3 Å². The number of hydrogen-bond acceptors (Lipinski definition) is 4. The third kappa shape index (κ3) is 3.72. The lowest BCUT2D eigenvalue weighted by Crippen LogP contribution is -2.19. The largest absolute Gasteiger partial charge is 0.465 e. The van der Waals surface area contributed by atoms with E-state index < -0.39 is 0 Å². The molecule has 2 aromatic rings. The Kier molecular flexibility index (Phi) is 4.46. The third-order valence-corrected chi connectivity index (χ3v) is 3.13. The Balaban J connectivity index is 2.37. The van der Waals surface area contributed by atoms with Crippen LogP contribution in [0, 0.1) is 0 Å².